The van der Waals surface area contributed by atoms with E-state index in [-0.39, 0.29) is 0 Å². The maximum Gasteiger partial charge on any atom is 0.0663 e. The van der Waals surface area contributed by atoms with Crippen LogP contribution < -0.4 is 0 Å². The van der Waals surface area contributed by atoms with Crippen molar-refractivity contribution in [1.29, 1.82) is 0 Å². The average Bonchev–Trinajstić information content (AvgIpc) is 2.31. The number of hydrogen-bond donors (Lipinski definition) is 0. The van der Waals surface area contributed by atoms with Crippen LogP contribution in [0.25, 0.3) is 0 Å². The molecule has 0 atom stereocenters. The van der Waals surface area contributed by atoms with Gasteiger partial charge in [-0.2, -0.15) is 5.10 Å². The fourth-order valence-electron chi connectivity index (χ4n) is 0.696. The molecule has 4 heteroatoms. The summed E-state index contributed by atoms with van der Waals surface area (Å²) in [4.78, 5) is 0. The fraction of sp³-hybridized carbons (Fsp3) is 0.286. The summed E-state index contributed by atoms with van der Waals surface area (Å²) in [5.74, 6) is 3.01. The molecule has 1 aromatic heterocycles. The Bertz CT molecular complexity index is 308. The predicted octanol–water partition coefficient (Wildman–Crippen LogP) is 2.12. The van der Waals surface area contributed by atoms with Gasteiger partial charge in [-0.15, -0.1) is 0 Å². The number of rotatable bonds is 0. The number of aromatic nitrogens is 2. The van der Waals surface area contributed by atoms with E-state index in [2.05, 4.69) is 37.5 Å². The second-order valence-electron chi connectivity index (χ2n) is 2.07. The van der Waals surface area contributed by atoms with Crippen molar-refractivity contribution in [1.82, 2.24) is 9.78 Å². The van der Waals surface area contributed by atoms with Gasteiger partial charge in [0.15, 0.2) is 0 Å². The van der Waals surface area contributed by atoms with Crippen LogP contribution in [0.5, 0.6) is 0 Å². The normalized spacial score (nSPS) is 9.00. The third kappa shape index (κ3) is 2.14. The Balaban J connectivity index is 2.96. The van der Waals surface area contributed by atoms with Crippen molar-refractivity contribution >= 4 is 30.1 Å². The molecule has 2 nitrogen and oxygen atoms in total. The van der Waals surface area contributed by atoms with E-state index in [1.807, 2.05) is 18.7 Å². The third-order valence-corrected chi connectivity index (χ3v) is 2.30. The van der Waals surface area contributed by atoms with E-state index in [0.717, 1.165) is 11.3 Å². The first-order valence-electron chi connectivity index (χ1n) is 3.03. The zero-order valence-corrected chi connectivity index (χ0v) is 9.23. The van der Waals surface area contributed by atoms with Gasteiger partial charge in [-0.05, 0) is 21.1 Å². The molecule has 0 N–H and O–H groups in total. The number of hydrogen-bond acceptors (Lipinski definition) is 2. The average molecular weight is 278 g/mol. The molecule has 0 unspecified atom stereocenters. The molecule has 0 radical (unpaired) electrons. The van der Waals surface area contributed by atoms with Gasteiger partial charge in [0.25, 0.3) is 0 Å². The molecule has 0 fully saturated rings. The lowest BCUT2D eigenvalue weighted by Gasteiger charge is -1.90. The van der Waals surface area contributed by atoms with Crippen LogP contribution in [-0.4, -0.2) is 9.78 Å². The molecule has 0 amide bonds. The molecule has 0 spiro atoms. The van der Waals surface area contributed by atoms with E-state index in [9.17, 15) is 0 Å². The Morgan fingerprint density at radius 3 is 2.91 bits per heavy atom. The molecule has 0 saturated heterocycles. The van der Waals surface area contributed by atoms with Gasteiger partial charge in [-0.3, -0.25) is 4.68 Å². The molecule has 58 valence electrons. The summed E-state index contributed by atoms with van der Waals surface area (Å²) in [5.41, 5.74) is 2.12. The van der Waals surface area contributed by atoms with Gasteiger partial charge in [0.2, 0.25) is 0 Å². The standard InChI is InChI=1S/C7H7IN2S/c1-6-7(3-4-11-8)5-9-10(6)2/h5H,1-2H3. The largest absolute Gasteiger partial charge is 0.272 e. The van der Waals surface area contributed by atoms with E-state index in [1.54, 1.807) is 6.20 Å². The van der Waals surface area contributed by atoms with Crippen LogP contribution in [0.15, 0.2) is 6.20 Å². The third-order valence-electron chi connectivity index (χ3n) is 1.46. The zero-order valence-electron chi connectivity index (χ0n) is 6.26. The Kier molecular flexibility index (Phi) is 3.27. The Labute approximate surface area is 82.3 Å². The van der Waals surface area contributed by atoms with Gasteiger partial charge in [0, 0.05) is 28.3 Å². The summed E-state index contributed by atoms with van der Waals surface area (Å²) in [6.45, 7) is 2.01. The smallest absolute Gasteiger partial charge is 0.0663 e. The minimum Gasteiger partial charge on any atom is -0.272 e. The van der Waals surface area contributed by atoms with Crippen molar-refractivity contribution in [3.05, 3.63) is 17.5 Å². The molecule has 1 aromatic rings. The molecule has 0 aliphatic heterocycles. The minimum absolute atomic E-state index is 1.01. The van der Waals surface area contributed by atoms with Crippen molar-refractivity contribution in [2.45, 2.75) is 6.92 Å². The molecule has 0 saturated carbocycles. The summed E-state index contributed by atoms with van der Waals surface area (Å²) < 4.78 is 1.82. The monoisotopic (exact) mass is 278 g/mol. The van der Waals surface area contributed by atoms with E-state index in [4.69, 9.17) is 0 Å². The number of nitrogens with zero attached hydrogens (tertiary/aromatic N) is 2. The minimum atomic E-state index is 1.01. The number of aryl methyl sites for hydroxylation is 1. The van der Waals surface area contributed by atoms with Crippen molar-refractivity contribution in [2.75, 3.05) is 0 Å². The maximum atomic E-state index is 4.07. The maximum absolute atomic E-state index is 4.07. The number of halogens is 1. The predicted molar refractivity (Wildman–Crippen MR) is 56.4 cm³/mol. The molecule has 0 aliphatic carbocycles. The SMILES string of the molecule is Cc1c(C#CSI)cnn1C. The van der Waals surface area contributed by atoms with Gasteiger partial charge in [-0.1, -0.05) is 5.92 Å². The first-order valence-corrected chi connectivity index (χ1v) is 6.39. The second kappa shape index (κ2) is 4.02. The summed E-state index contributed by atoms with van der Waals surface area (Å²) in [6, 6.07) is 0. The van der Waals surface area contributed by atoms with Gasteiger partial charge in [0.1, 0.15) is 0 Å². The molecular formula is C7H7IN2S. The summed E-state index contributed by atoms with van der Waals surface area (Å²) in [5, 5.41) is 6.99. The summed E-state index contributed by atoms with van der Waals surface area (Å²) in [6.07, 6.45) is 1.79. The van der Waals surface area contributed by atoms with Crippen LogP contribution >= 0.6 is 30.1 Å². The van der Waals surface area contributed by atoms with E-state index < -0.39 is 0 Å². The van der Waals surface area contributed by atoms with Crippen LogP contribution in [0.4, 0.5) is 0 Å². The Morgan fingerprint density at radius 1 is 1.73 bits per heavy atom. The van der Waals surface area contributed by atoms with Crippen molar-refractivity contribution in [3.63, 3.8) is 0 Å². The van der Waals surface area contributed by atoms with Gasteiger partial charge < -0.3 is 0 Å². The fourth-order valence-corrected chi connectivity index (χ4v) is 1.17. The molecule has 1 rings (SSSR count). The van der Waals surface area contributed by atoms with Crippen molar-refractivity contribution < 1.29 is 0 Å². The van der Waals surface area contributed by atoms with Crippen LogP contribution in [0.1, 0.15) is 11.3 Å². The van der Waals surface area contributed by atoms with E-state index >= 15 is 0 Å². The second-order valence-corrected chi connectivity index (χ2v) is 3.75. The van der Waals surface area contributed by atoms with Crippen LogP contribution in [-0.2, 0) is 7.05 Å². The summed E-state index contributed by atoms with van der Waals surface area (Å²) >= 11 is 2.15. The van der Waals surface area contributed by atoms with Gasteiger partial charge in [-0.25, -0.2) is 0 Å². The molecule has 0 bridgehead atoms. The molecule has 0 aromatic carbocycles. The first kappa shape index (κ1) is 8.94. The zero-order chi connectivity index (χ0) is 8.27. The lowest BCUT2D eigenvalue weighted by molar-refractivity contribution is 0.740. The molecule has 11 heavy (non-hydrogen) atoms. The topological polar surface area (TPSA) is 17.8 Å². The molecule has 1 heterocycles. The highest BCUT2D eigenvalue weighted by Crippen LogP contribution is 2.09. The van der Waals surface area contributed by atoms with E-state index in [1.165, 1.54) is 8.93 Å². The lowest BCUT2D eigenvalue weighted by atomic mass is 10.3. The highest BCUT2D eigenvalue weighted by atomic mass is 127. The van der Waals surface area contributed by atoms with Gasteiger partial charge >= 0.3 is 0 Å². The van der Waals surface area contributed by atoms with Crippen LogP contribution in [0.3, 0.4) is 0 Å². The highest BCUT2D eigenvalue weighted by Gasteiger charge is 1.97. The highest BCUT2D eigenvalue weighted by molar-refractivity contribution is 14.2. The van der Waals surface area contributed by atoms with Crippen LogP contribution in [0.2, 0.25) is 0 Å². The van der Waals surface area contributed by atoms with E-state index in [0.29, 0.717) is 0 Å². The Morgan fingerprint density at radius 2 is 2.45 bits per heavy atom. The Hall–Kier alpha value is -0.150. The van der Waals surface area contributed by atoms with Gasteiger partial charge in [0.05, 0.1) is 17.5 Å². The first-order chi connectivity index (χ1) is 5.25. The quantitative estimate of drug-likeness (QED) is 0.534. The molecule has 0 aliphatic rings. The van der Waals surface area contributed by atoms with Crippen molar-refractivity contribution in [2.24, 2.45) is 7.05 Å². The van der Waals surface area contributed by atoms with Crippen LogP contribution in [0, 0.1) is 18.1 Å². The van der Waals surface area contributed by atoms with Crippen molar-refractivity contribution in [3.8, 4) is 11.2 Å². The lowest BCUT2D eigenvalue weighted by Crippen LogP contribution is -1.92. The summed E-state index contributed by atoms with van der Waals surface area (Å²) in [7, 11) is 3.40. The molecular weight excluding hydrogens is 271 g/mol.